The van der Waals surface area contributed by atoms with Crippen molar-refractivity contribution >= 4 is 27.7 Å². The monoisotopic (exact) mass is 362 g/mol. The van der Waals surface area contributed by atoms with Gasteiger partial charge in [0.2, 0.25) is 0 Å². The van der Waals surface area contributed by atoms with E-state index < -0.39 is 15.9 Å². The smallest absolute Gasteiger partial charge is 0.267 e. The third-order valence-corrected chi connectivity index (χ3v) is 4.75. The number of carbonyl (C=O) groups is 1. The third kappa shape index (κ3) is 4.82. The maximum Gasteiger partial charge on any atom is 0.267 e. The van der Waals surface area contributed by atoms with Gasteiger partial charge in [0.25, 0.3) is 15.9 Å². The number of benzene rings is 2. The number of ether oxygens (including phenoxy) is 1. The highest BCUT2D eigenvalue weighted by molar-refractivity contribution is 7.92. The van der Waals surface area contributed by atoms with Crippen molar-refractivity contribution in [2.45, 2.75) is 11.8 Å². The summed E-state index contributed by atoms with van der Waals surface area (Å²) in [5.74, 6) is -0.0741. The van der Waals surface area contributed by atoms with Crippen molar-refractivity contribution in [1.82, 2.24) is 5.48 Å². The number of hydroxylamine groups is 1. The van der Waals surface area contributed by atoms with Crippen molar-refractivity contribution in [2.24, 2.45) is 0 Å². The summed E-state index contributed by atoms with van der Waals surface area (Å²) in [7, 11) is -2.26. The Balaban J connectivity index is 2.28. The van der Waals surface area contributed by atoms with Crippen LogP contribution in [0.1, 0.15) is 11.1 Å². The molecule has 2 rings (SSSR count). The van der Waals surface area contributed by atoms with E-state index in [1.54, 1.807) is 37.3 Å². The number of carbonyl (C=O) groups excluding carboxylic acids is 1. The Labute approximate surface area is 146 Å². The van der Waals surface area contributed by atoms with Crippen LogP contribution < -0.4 is 14.9 Å². The number of amides is 1. The third-order valence-electron chi connectivity index (χ3n) is 3.38. The Morgan fingerprint density at radius 2 is 1.96 bits per heavy atom. The largest absolute Gasteiger partial charge is 0.497 e. The van der Waals surface area contributed by atoms with Crippen LogP contribution in [0.25, 0.3) is 6.08 Å². The van der Waals surface area contributed by atoms with Crippen LogP contribution in [0, 0.1) is 6.92 Å². The van der Waals surface area contributed by atoms with E-state index in [4.69, 9.17) is 9.94 Å². The van der Waals surface area contributed by atoms with Crippen molar-refractivity contribution in [3.8, 4) is 5.75 Å². The molecule has 0 spiro atoms. The van der Waals surface area contributed by atoms with Crippen LogP contribution in [0.5, 0.6) is 5.75 Å². The summed E-state index contributed by atoms with van der Waals surface area (Å²) < 4.78 is 32.8. The Hall–Kier alpha value is -2.84. The number of hydrogen-bond acceptors (Lipinski definition) is 5. The first-order valence-electron chi connectivity index (χ1n) is 7.25. The van der Waals surface area contributed by atoms with Gasteiger partial charge in [-0.3, -0.25) is 14.7 Å². The molecule has 8 heteroatoms. The SMILES string of the molecule is COc1ccc(NS(=O)(=O)c2cccc(/C=C/C(=O)NO)c2)c(C)c1. The minimum atomic E-state index is -3.80. The molecule has 0 heterocycles. The van der Waals surface area contributed by atoms with Gasteiger partial charge in [-0.05, 0) is 54.5 Å². The summed E-state index contributed by atoms with van der Waals surface area (Å²) in [4.78, 5) is 11.1. The van der Waals surface area contributed by atoms with Gasteiger partial charge >= 0.3 is 0 Å². The van der Waals surface area contributed by atoms with Gasteiger partial charge in [-0.1, -0.05) is 12.1 Å². The van der Waals surface area contributed by atoms with E-state index >= 15 is 0 Å². The van der Waals surface area contributed by atoms with Crippen LogP contribution in [0.4, 0.5) is 5.69 Å². The van der Waals surface area contributed by atoms with Crippen LogP contribution in [0.15, 0.2) is 53.4 Å². The van der Waals surface area contributed by atoms with E-state index in [9.17, 15) is 13.2 Å². The Morgan fingerprint density at radius 3 is 2.60 bits per heavy atom. The van der Waals surface area contributed by atoms with Crippen molar-refractivity contribution in [3.05, 3.63) is 59.7 Å². The van der Waals surface area contributed by atoms with Gasteiger partial charge in [-0.2, -0.15) is 0 Å². The predicted molar refractivity (Wildman–Crippen MR) is 93.9 cm³/mol. The molecule has 2 aromatic rings. The average molecular weight is 362 g/mol. The van der Waals surface area contributed by atoms with Crippen LogP contribution in [0.2, 0.25) is 0 Å². The lowest BCUT2D eigenvalue weighted by atomic mass is 10.2. The Morgan fingerprint density at radius 1 is 1.20 bits per heavy atom. The standard InChI is InChI=1S/C17H18N2O5S/c1-12-10-14(24-2)7-8-16(12)19-25(22,23)15-5-3-4-13(11-15)6-9-17(20)18-21/h3-11,19,21H,1-2H3,(H,18,20)/b9-6+. The lowest BCUT2D eigenvalue weighted by Crippen LogP contribution is -2.15. The number of aryl methyl sites for hydroxylation is 1. The van der Waals surface area contributed by atoms with E-state index in [0.29, 0.717) is 17.0 Å². The van der Waals surface area contributed by atoms with Gasteiger partial charge in [0, 0.05) is 6.08 Å². The molecule has 1 amide bonds. The number of nitrogens with one attached hydrogen (secondary N) is 2. The lowest BCUT2D eigenvalue weighted by Gasteiger charge is -2.12. The molecule has 132 valence electrons. The summed E-state index contributed by atoms with van der Waals surface area (Å²) in [6, 6.07) is 11.1. The van der Waals surface area contributed by atoms with Gasteiger partial charge in [-0.15, -0.1) is 0 Å². The van der Waals surface area contributed by atoms with Crippen molar-refractivity contribution in [1.29, 1.82) is 0 Å². The average Bonchev–Trinajstić information content (AvgIpc) is 2.61. The van der Waals surface area contributed by atoms with E-state index in [0.717, 1.165) is 11.6 Å². The quantitative estimate of drug-likeness (QED) is 0.416. The minimum Gasteiger partial charge on any atom is -0.497 e. The minimum absolute atomic E-state index is 0.0503. The fraction of sp³-hybridized carbons (Fsp3) is 0.118. The van der Waals surface area contributed by atoms with Gasteiger partial charge < -0.3 is 4.74 Å². The summed E-state index contributed by atoms with van der Waals surface area (Å²) in [6.07, 6.45) is 2.48. The van der Waals surface area contributed by atoms with E-state index in [1.165, 1.54) is 30.8 Å². The predicted octanol–water partition coefficient (Wildman–Crippen LogP) is 2.32. The molecule has 0 aromatic heterocycles. The van der Waals surface area contributed by atoms with Crippen LogP contribution >= 0.6 is 0 Å². The second-order valence-corrected chi connectivity index (χ2v) is 6.85. The molecule has 0 fully saturated rings. The molecule has 3 N–H and O–H groups in total. The highest BCUT2D eigenvalue weighted by atomic mass is 32.2. The Kier molecular flexibility index (Phi) is 5.79. The molecule has 0 bridgehead atoms. The molecule has 0 saturated heterocycles. The Bertz CT molecular complexity index is 907. The molecule has 0 radical (unpaired) electrons. The van der Waals surface area contributed by atoms with Gasteiger partial charge in [0.05, 0.1) is 17.7 Å². The molecule has 7 nitrogen and oxygen atoms in total. The first-order valence-corrected chi connectivity index (χ1v) is 8.73. The molecule has 0 aliphatic rings. The molecule has 25 heavy (non-hydrogen) atoms. The maximum atomic E-state index is 12.6. The number of anilines is 1. The second-order valence-electron chi connectivity index (χ2n) is 5.17. The summed E-state index contributed by atoms with van der Waals surface area (Å²) >= 11 is 0. The molecular weight excluding hydrogens is 344 g/mol. The number of methoxy groups -OCH3 is 1. The summed E-state index contributed by atoms with van der Waals surface area (Å²) in [5.41, 5.74) is 3.13. The number of sulfonamides is 1. The molecular formula is C17H18N2O5S. The van der Waals surface area contributed by atoms with E-state index in [-0.39, 0.29) is 4.90 Å². The molecule has 0 saturated carbocycles. The summed E-state index contributed by atoms with van der Waals surface area (Å²) in [5, 5.41) is 8.46. The van der Waals surface area contributed by atoms with Gasteiger partial charge in [0.15, 0.2) is 0 Å². The first-order chi connectivity index (χ1) is 11.9. The van der Waals surface area contributed by atoms with Crippen molar-refractivity contribution < 1.29 is 23.2 Å². The zero-order valence-corrected chi connectivity index (χ0v) is 14.5. The maximum absolute atomic E-state index is 12.6. The molecule has 0 unspecified atom stereocenters. The number of rotatable bonds is 6. The van der Waals surface area contributed by atoms with Crippen molar-refractivity contribution in [3.63, 3.8) is 0 Å². The highest BCUT2D eigenvalue weighted by Gasteiger charge is 2.15. The number of hydrogen-bond donors (Lipinski definition) is 3. The van der Waals surface area contributed by atoms with Crippen molar-refractivity contribution in [2.75, 3.05) is 11.8 Å². The topological polar surface area (TPSA) is 105 Å². The zero-order valence-electron chi connectivity index (χ0n) is 13.7. The second kappa shape index (κ2) is 7.82. The highest BCUT2D eigenvalue weighted by Crippen LogP contribution is 2.24. The van der Waals surface area contributed by atoms with Crippen LogP contribution in [-0.4, -0.2) is 26.6 Å². The van der Waals surface area contributed by atoms with Gasteiger partial charge in [0.1, 0.15) is 5.75 Å². The van der Waals surface area contributed by atoms with E-state index in [2.05, 4.69) is 4.72 Å². The zero-order chi connectivity index (χ0) is 18.4. The normalized spacial score (nSPS) is 11.3. The molecule has 0 atom stereocenters. The van der Waals surface area contributed by atoms with Crippen LogP contribution in [-0.2, 0) is 14.8 Å². The summed E-state index contributed by atoms with van der Waals surface area (Å²) in [6.45, 7) is 1.77. The van der Waals surface area contributed by atoms with Crippen LogP contribution in [0.3, 0.4) is 0 Å². The fourth-order valence-corrected chi connectivity index (χ4v) is 3.26. The molecule has 2 aromatic carbocycles. The fourth-order valence-electron chi connectivity index (χ4n) is 2.08. The van der Waals surface area contributed by atoms with E-state index in [1.807, 2.05) is 0 Å². The molecule has 0 aliphatic heterocycles. The first kappa shape index (κ1) is 18.5. The molecule has 0 aliphatic carbocycles. The van der Waals surface area contributed by atoms with Gasteiger partial charge in [-0.25, -0.2) is 13.9 Å². The lowest BCUT2D eigenvalue weighted by molar-refractivity contribution is -0.124.